The van der Waals surface area contributed by atoms with E-state index in [0.29, 0.717) is 0 Å². The van der Waals surface area contributed by atoms with Gasteiger partial charge in [-0.2, -0.15) is 0 Å². The van der Waals surface area contributed by atoms with Crippen molar-refractivity contribution in [2.24, 2.45) is 0 Å². The molecule has 0 rings (SSSR count). The van der Waals surface area contributed by atoms with Crippen molar-refractivity contribution in [3.8, 4) is 0 Å². The molecule has 0 aliphatic rings. The SMILES string of the molecule is COC(=O)CNC(C)OCCO. The number of carbonyl (C=O) groups is 1. The van der Waals surface area contributed by atoms with Gasteiger partial charge in [-0.25, -0.2) is 0 Å². The lowest BCUT2D eigenvalue weighted by atomic mass is 10.5. The minimum Gasteiger partial charge on any atom is -0.468 e. The first-order valence-electron chi connectivity index (χ1n) is 3.73. The summed E-state index contributed by atoms with van der Waals surface area (Å²) in [5.41, 5.74) is 0. The summed E-state index contributed by atoms with van der Waals surface area (Å²) in [6.07, 6.45) is -0.253. The van der Waals surface area contributed by atoms with Gasteiger partial charge < -0.3 is 14.6 Å². The standard InChI is InChI=1S/C7H15NO4/c1-6(12-4-3-9)8-5-7(10)11-2/h6,8-9H,3-5H2,1-2H3. The molecular formula is C7H15NO4. The highest BCUT2D eigenvalue weighted by atomic mass is 16.5. The Balaban J connectivity index is 3.30. The highest BCUT2D eigenvalue weighted by Gasteiger charge is 2.03. The lowest BCUT2D eigenvalue weighted by molar-refractivity contribution is -0.140. The average molecular weight is 177 g/mol. The van der Waals surface area contributed by atoms with E-state index in [4.69, 9.17) is 9.84 Å². The predicted molar refractivity (Wildman–Crippen MR) is 42.5 cm³/mol. The van der Waals surface area contributed by atoms with Gasteiger partial charge in [-0.1, -0.05) is 0 Å². The first-order chi connectivity index (χ1) is 5.70. The largest absolute Gasteiger partial charge is 0.468 e. The normalized spacial score (nSPS) is 12.6. The van der Waals surface area contributed by atoms with Crippen molar-refractivity contribution in [3.63, 3.8) is 0 Å². The molecule has 12 heavy (non-hydrogen) atoms. The Hall–Kier alpha value is -0.650. The summed E-state index contributed by atoms with van der Waals surface area (Å²) in [6.45, 7) is 2.10. The molecule has 1 unspecified atom stereocenters. The van der Waals surface area contributed by atoms with E-state index in [0.717, 1.165) is 0 Å². The molecule has 5 heteroatoms. The quantitative estimate of drug-likeness (QED) is 0.406. The fourth-order valence-electron chi connectivity index (χ4n) is 0.588. The molecule has 0 bridgehead atoms. The lowest BCUT2D eigenvalue weighted by Crippen LogP contribution is -2.34. The van der Waals surface area contributed by atoms with Crippen LogP contribution in [-0.4, -0.2) is 44.2 Å². The van der Waals surface area contributed by atoms with E-state index in [2.05, 4.69) is 10.1 Å². The van der Waals surface area contributed by atoms with Crippen molar-refractivity contribution in [2.45, 2.75) is 13.2 Å². The molecule has 0 amide bonds. The second kappa shape index (κ2) is 7.02. The molecule has 0 saturated carbocycles. The fourth-order valence-corrected chi connectivity index (χ4v) is 0.588. The summed E-state index contributed by atoms with van der Waals surface area (Å²) in [4.78, 5) is 10.6. The van der Waals surface area contributed by atoms with Crippen molar-refractivity contribution in [3.05, 3.63) is 0 Å². The molecule has 0 aromatic carbocycles. The number of carbonyl (C=O) groups excluding carboxylic acids is 1. The highest BCUT2D eigenvalue weighted by Crippen LogP contribution is 1.84. The van der Waals surface area contributed by atoms with Gasteiger partial charge in [0.25, 0.3) is 0 Å². The first kappa shape index (κ1) is 11.4. The van der Waals surface area contributed by atoms with Gasteiger partial charge in [-0.3, -0.25) is 10.1 Å². The van der Waals surface area contributed by atoms with Gasteiger partial charge in [0.1, 0.15) is 6.23 Å². The molecule has 1 atom stereocenters. The van der Waals surface area contributed by atoms with Gasteiger partial charge in [-0.15, -0.1) is 0 Å². The number of esters is 1. The van der Waals surface area contributed by atoms with Crippen molar-refractivity contribution in [1.29, 1.82) is 0 Å². The molecule has 0 aromatic heterocycles. The predicted octanol–water partition coefficient (Wildman–Crippen LogP) is -0.896. The van der Waals surface area contributed by atoms with Crippen LogP contribution in [0.3, 0.4) is 0 Å². The van der Waals surface area contributed by atoms with Gasteiger partial charge in [0.05, 0.1) is 26.9 Å². The Morgan fingerprint density at radius 1 is 1.67 bits per heavy atom. The monoisotopic (exact) mass is 177 g/mol. The molecule has 0 aliphatic heterocycles. The number of methoxy groups -OCH3 is 1. The second-order valence-corrected chi connectivity index (χ2v) is 2.19. The van der Waals surface area contributed by atoms with Crippen molar-refractivity contribution in [2.75, 3.05) is 26.9 Å². The van der Waals surface area contributed by atoms with Crippen molar-refractivity contribution >= 4 is 5.97 Å². The molecule has 0 spiro atoms. The van der Waals surface area contributed by atoms with Crippen LogP contribution in [0.15, 0.2) is 0 Å². The summed E-state index contributed by atoms with van der Waals surface area (Å²) in [6, 6.07) is 0. The van der Waals surface area contributed by atoms with Crippen LogP contribution in [0.4, 0.5) is 0 Å². The summed E-state index contributed by atoms with van der Waals surface area (Å²) < 4.78 is 9.42. The maximum Gasteiger partial charge on any atom is 0.319 e. The van der Waals surface area contributed by atoms with Gasteiger partial charge in [0.2, 0.25) is 0 Å². The zero-order valence-corrected chi connectivity index (χ0v) is 7.37. The van der Waals surface area contributed by atoms with E-state index in [-0.39, 0.29) is 32.0 Å². The maximum absolute atomic E-state index is 10.6. The Morgan fingerprint density at radius 3 is 2.83 bits per heavy atom. The lowest BCUT2D eigenvalue weighted by Gasteiger charge is -2.12. The summed E-state index contributed by atoms with van der Waals surface area (Å²) in [5, 5.41) is 11.2. The fraction of sp³-hybridized carbons (Fsp3) is 0.857. The minimum absolute atomic E-state index is 0.0236. The van der Waals surface area contributed by atoms with Gasteiger partial charge in [-0.05, 0) is 6.92 Å². The Kier molecular flexibility index (Phi) is 6.64. The van der Waals surface area contributed by atoms with E-state index in [1.165, 1.54) is 7.11 Å². The van der Waals surface area contributed by atoms with Crippen LogP contribution in [0, 0.1) is 0 Å². The van der Waals surface area contributed by atoms with Crippen LogP contribution < -0.4 is 5.32 Å². The third kappa shape index (κ3) is 6.09. The Morgan fingerprint density at radius 2 is 2.33 bits per heavy atom. The molecule has 0 fully saturated rings. The van der Waals surface area contributed by atoms with Crippen LogP contribution in [0.5, 0.6) is 0 Å². The van der Waals surface area contributed by atoms with Crippen molar-refractivity contribution < 1.29 is 19.4 Å². The number of rotatable bonds is 6. The maximum atomic E-state index is 10.6. The number of aliphatic hydroxyl groups is 1. The zero-order chi connectivity index (χ0) is 9.40. The van der Waals surface area contributed by atoms with Crippen LogP contribution >= 0.6 is 0 Å². The van der Waals surface area contributed by atoms with Gasteiger partial charge >= 0.3 is 5.97 Å². The highest BCUT2D eigenvalue weighted by molar-refractivity contribution is 5.71. The van der Waals surface area contributed by atoms with E-state index in [1.54, 1.807) is 6.92 Å². The molecule has 0 radical (unpaired) electrons. The van der Waals surface area contributed by atoms with Crippen LogP contribution in [0.2, 0.25) is 0 Å². The zero-order valence-electron chi connectivity index (χ0n) is 7.37. The number of nitrogens with one attached hydrogen (secondary N) is 1. The number of aliphatic hydroxyl groups excluding tert-OH is 1. The third-order valence-electron chi connectivity index (χ3n) is 1.22. The molecule has 0 aromatic rings. The second-order valence-electron chi connectivity index (χ2n) is 2.19. The first-order valence-corrected chi connectivity index (χ1v) is 3.73. The minimum atomic E-state index is -0.338. The molecule has 0 saturated heterocycles. The molecule has 72 valence electrons. The topological polar surface area (TPSA) is 67.8 Å². The van der Waals surface area contributed by atoms with Gasteiger partial charge in [0, 0.05) is 0 Å². The van der Waals surface area contributed by atoms with Crippen LogP contribution in [-0.2, 0) is 14.3 Å². The summed E-state index contributed by atoms with van der Waals surface area (Å²) in [5.74, 6) is -0.338. The van der Waals surface area contributed by atoms with Gasteiger partial charge in [0.15, 0.2) is 0 Å². The number of hydrogen-bond donors (Lipinski definition) is 2. The van der Waals surface area contributed by atoms with E-state index >= 15 is 0 Å². The van der Waals surface area contributed by atoms with E-state index < -0.39 is 0 Å². The summed E-state index contributed by atoms with van der Waals surface area (Å²) in [7, 11) is 1.32. The van der Waals surface area contributed by atoms with Crippen LogP contribution in [0.1, 0.15) is 6.92 Å². The Labute approximate surface area is 71.7 Å². The molecular weight excluding hydrogens is 162 g/mol. The Bertz CT molecular complexity index is 129. The third-order valence-corrected chi connectivity index (χ3v) is 1.22. The van der Waals surface area contributed by atoms with Crippen LogP contribution in [0.25, 0.3) is 0 Å². The average Bonchev–Trinajstić information content (AvgIpc) is 2.10. The van der Waals surface area contributed by atoms with E-state index in [1.807, 2.05) is 0 Å². The molecule has 0 heterocycles. The van der Waals surface area contributed by atoms with Crippen molar-refractivity contribution in [1.82, 2.24) is 5.32 Å². The molecule has 0 aliphatic carbocycles. The molecule has 5 nitrogen and oxygen atoms in total. The number of ether oxygens (including phenoxy) is 2. The number of hydrogen-bond acceptors (Lipinski definition) is 5. The molecule has 2 N–H and O–H groups in total. The van der Waals surface area contributed by atoms with E-state index in [9.17, 15) is 4.79 Å². The smallest absolute Gasteiger partial charge is 0.319 e. The summed E-state index contributed by atoms with van der Waals surface area (Å²) >= 11 is 0.